The third kappa shape index (κ3) is 5.28. The number of fused-ring (bicyclic) bond motifs is 1. The van der Waals surface area contributed by atoms with Crippen LogP contribution >= 0.6 is 11.3 Å². The zero-order chi connectivity index (χ0) is 24.5. The number of hydrogen-bond acceptors (Lipinski definition) is 9. The number of thiazole rings is 1. The molecule has 0 unspecified atom stereocenters. The number of aromatic nitrogens is 3. The van der Waals surface area contributed by atoms with Gasteiger partial charge in [0.2, 0.25) is 0 Å². The maximum atomic E-state index is 13.3. The van der Waals surface area contributed by atoms with E-state index >= 15 is 0 Å². The largest absolute Gasteiger partial charge is 0.446 e. The van der Waals surface area contributed by atoms with Crippen LogP contribution in [0.2, 0.25) is 0 Å². The Kier molecular flexibility index (Phi) is 6.43. The van der Waals surface area contributed by atoms with E-state index in [-0.39, 0.29) is 6.04 Å². The van der Waals surface area contributed by atoms with E-state index in [1.54, 1.807) is 24.5 Å². The molecule has 10 heteroatoms. The van der Waals surface area contributed by atoms with Gasteiger partial charge in [-0.1, -0.05) is 0 Å². The van der Waals surface area contributed by atoms with E-state index in [0.29, 0.717) is 28.8 Å². The van der Waals surface area contributed by atoms with Gasteiger partial charge in [-0.3, -0.25) is 0 Å². The second-order valence-electron chi connectivity index (χ2n) is 9.09. The number of carbonyl (C=O) groups excluding carboxylic acids is 1. The molecule has 0 spiro atoms. The zero-order valence-electron chi connectivity index (χ0n) is 20.0. The summed E-state index contributed by atoms with van der Waals surface area (Å²) in [7, 11) is 0. The topological polar surface area (TPSA) is 105 Å². The predicted molar refractivity (Wildman–Crippen MR) is 136 cm³/mol. The molecule has 34 heavy (non-hydrogen) atoms. The molecule has 0 aliphatic carbocycles. The van der Waals surface area contributed by atoms with Crippen molar-refractivity contribution in [1.82, 2.24) is 15.0 Å². The average molecular weight is 481 g/mol. The third-order valence-corrected chi connectivity index (χ3v) is 5.47. The van der Waals surface area contributed by atoms with Crippen molar-refractivity contribution in [1.29, 1.82) is 0 Å². The summed E-state index contributed by atoms with van der Waals surface area (Å²) in [5.74, 6) is 1.46. The summed E-state index contributed by atoms with van der Waals surface area (Å²) in [6.45, 7) is 11.2. The fourth-order valence-corrected chi connectivity index (χ4v) is 4.04. The van der Waals surface area contributed by atoms with Gasteiger partial charge in [0, 0.05) is 17.8 Å². The number of pyridine rings is 1. The molecule has 4 aromatic rings. The lowest BCUT2D eigenvalue weighted by Crippen LogP contribution is -2.35. The van der Waals surface area contributed by atoms with Gasteiger partial charge in [-0.25, -0.2) is 19.7 Å². The molecule has 178 valence electrons. The van der Waals surface area contributed by atoms with Crippen LogP contribution in [0.1, 0.15) is 40.4 Å². The SMILES string of the molecule is Cc1ocnc1N(C(=O)OC(C)(C)C)c1cnc(Nc2ccc3ncsc3c2)cc1NC(C)C. The van der Waals surface area contributed by atoms with E-state index in [0.717, 1.165) is 15.9 Å². The van der Waals surface area contributed by atoms with Gasteiger partial charge in [-0.15, -0.1) is 11.3 Å². The molecule has 0 saturated carbocycles. The number of benzene rings is 1. The van der Waals surface area contributed by atoms with Crippen LogP contribution in [0.25, 0.3) is 10.2 Å². The van der Waals surface area contributed by atoms with Crippen molar-refractivity contribution in [3.8, 4) is 0 Å². The molecule has 9 nitrogen and oxygen atoms in total. The van der Waals surface area contributed by atoms with Crippen LogP contribution in [0.4, 0.5) is 33.5 Å². The van der Waals surface area contributed by atoms with Crippen molar-refractivity contribution in [2.45, 2.75) is 53.2 Å². The van der Waals surface area contributed by atoms with Gasteiger partial charge in [0.1, 0.15) is 17.2 Å². The average Bonchev–Trinajstić information content (AvgIpc) is 3.37. The fraction of sp³-hybridized carbons (Fsp3) is 0.333. The fourth-order valence-electron chi connectivity index (χ4n) is 3.32. The number of rotatable bonds is 6. The molecule has 0 saturated heterocycles. The van der Waals surface area contributed by atoms with Gasteiger partial charge in [0.15, 0.2) is 12.2 Å². The summed E-state index contributed by atoms with van der Waals surface area (Å²) < 4.78 is 12.1. The molecular formula is C24H28N6O3S. The van der Waals surface area contributed by atoms with Crippen molar-refractivity contribution in [2.24, 2.45) is 0 Å². The highest BCUT2D eigenvalue weighted by atomic mass is 32.1. The molecular weight excluding hydrogens is 452 g/mol. The normalized spacial score (nSPS) is 11.6. The Morgan fingerprint density at radius 3 is 2.65 bits per heavy atom. The summed E-state index contributed by atoms with van der Waals surface area (Å²) in [5, 5.41) is 6.75. The summed E-state index contributed by atoms with van der Waals surface area (Å²) in [4.78, 5) is 27.8. The second kappa shape index (κ2) is 9.30. The van der Waals surface area contributed by atoms with Crippen molar-refractivity contribution >= 4 is 56.3 Å². The van der Waals surface area contributed by atoms with Crippen LogP contribution in [-0.4, -0.2) is 32.7 Å². The summed E-state index contributed by atoms with van der Waals surface area (Å²) in [5.41, 5.74) is 4.18. The van der Waals surface area contributed by atoms with Gasteiger partial charge in [-0.05, 0) is 59.7 Å². The lowest BCUT2D eigenvalue weighted by atomic mass is 10.2. The van der Waals surface area contributed by atoms with Crippen molar-refractivity contribution in [2.75, 3.05) is 15.5 Å². The Hall–Kier alpha value is -3.66. The Balaban J connectivity index is 1.74. The maximum absolute atomic E-state index is 13.3. The number of nitrogens with one attached hydrogen (secondary N) is 2. The minimum atomic E-state index is -0.692. The first-order chi connectivity index (χ1) is 16.1. The molecule has 0 aliphatic rings. The standard InChI is InChI=1S/C24H28N6O3S/c1-14(2)28-18-10-21(29-16-7-8-17-20(9-16)34-13-27-17)25-11-19(18)30(22-15(3)32-12-26-22)23(31)33-24(4,5)6/h7-14H,1-6H3,(H2,25,28,29). The van der Waals surface area contributed by atoms with Gasteiger partial charge >= 0.3 is 6.09 Å². The van der Waals surface area contributed by atoms with Crippen LogP contribution in [0.3, 0.4) is 0 Å². The zero-order valence-corrected chi connectivity index (χ0v) is 20.9. The Bertz CT molecular complexity index is 1310. The lowest BCUT2D eigenvalue weighted by Gasteiger charge is -2.28. The highest BCUT2D eigenvalue weighted by Crippen LogP contribution is 2.36. The highest BCUT2D eigenvalue weighted by molar-refractivity contribution is 7.16. The number of nitrogens with zero attached hydrogens (tertiary/aromatic N) is 4. The molecule has 4 rings (SSSR count). The molecule has 0 bridgehead atoms. The summed E-state index contributed by atoms with van der Waals surface area (Å²) >= 11 is 1.58. The number of amides is 1. The second-order valence-corrected chi connectivity index (χ2v) is 9.98. The van der Waals surface area contributed by atoms with Gasteiger partial charge < -0.3 is 19.8 Å². The molecule has 1 amide bonds. The van der Waals surface area contributed by atoms with Crippen LogP contribution < -0.4 is 15.5 Å². The van der Waals surface area contributed by atoms with Crippen molar-refractivity contribution < 1.29 is 13.9 Å². The molecule has 0 atom stereocenters. The third-order valence-electron chi connectivity index (χ3n) is 4.68. The minimum absolute atomic E-state index is 0.0986. The molecule has 0 fully saturated rings. The van der Waals surface area contributed by atoms with E-state index in [9.17, 15) is 4.79 Å². The molecule has 0 radical (unpaired) electrons. The Morgan fingerprint density at radius 1 is 1.18 bits per heavy atom. The number of oxazole rings is 1. The number of ether oxygens (including phenoxy) is 1. The monoisotopic (exact) mass is 480 g/mol. The van der Waals surface area contributed by atoms with E-state index in [4.69, 9.17) is 9.15 Å². The van der Waals surface area contributed by atoms with Gasteiger partial charge in [-0.2, -0.15) is 4.98 Å². The summed E-state index contributed by atoms with van der Waals surface area (Å²) in [6, 6.07) is 7.91. The molecule has 2 N–H and O–H groups in total. The lowest BCUT2D eigenvalue weighted by molar-refractivity contribution is 0.0598. The number of anilines is 5. The van der Waals surface area contributed by atoms with Crippen LogP contribution in [0.5, 0.6) is 0 Å². The van der Waals surface area contributed by atoms with Crippen molar-refractivity contribution in [3.05, 3.63) is 48.1 Å². The molecule has 0 aliphatic heterocycles. The van der Waals surface area contributed by atoms with Gasteiger partial charge in [0.05, 0.1) is 33.3 Å². The highest BCUT2D eigenvalue weighted by Gasteiger charge is 2.30. The molecule has 3 aromatic heterocycles. The van der Waals surface area contributed by atoms with E-state index < -0.39 is 11.7 Å². The van der Waals surface area contributed by atoms with Crippen LogP contribution in [0.15, 0.2) is 46.8 Å². The Labute approximate surface area is 202 Å². The first-order valence-corrected chi connectivity index (χ1v) is 11.8. The number of carbonyl (C=O) groups is 1. The summed E-state index contributed by atoms with van der Waals surface area (Å²) in [6.07, 6.45) is 2.35. The van der Waals surface area contributed by atoms with Gasteiger partial charge in [0.25, 0.3) is 0 Å². The van der Waals surface area contributed by atoms with E-state index in [1.165, 1.54) is 11.3 Å². The smallest absolute Gasteiger partial charge is 0.420 e. The minimum Gasteiger partial charge on any atom is -0.446 e. The predicted octanol–water partition coefficient (Wildman–Crippen LogP) is 6.62. The first kappa shape index (κ1) is 23.5. The Morgan fingerprint density at radius 2 is 1.97 bits per heavy atom. The first-order valence-electron chi connectivity index (χ1n) is 10.9. The molecule has 3 heterocycles. The van der Waals surface area contributed by atoms with Crippen LogP contribution in [-0.2, 0) is 4.74 Å². The quantitative estimate of drug-likeness (QED) is 0.317. The number of hydrogen-bond donors (Lipinski definition) is 2. The van der Waals surface area contributed by atoms with Crippen molar-refractivity contribution in [3.63, 3.8) is 0 Å². The van der Waals surface area contributed by atoms with E-state index in [2.05, 4.69) is 25.6 Å². The molecule has 1 aromatic carbocycles. The maximum Gasteiger partial charge on any atom is 0.420 e. The number of aryl methyl sites for hydroxylation is 1. The van der Waals surface area contributed by atoms with Crippen LogP contribution in [0, 0.1) is 6.92 Å². The van der Waals surface area contributed by atoms with E-state index in [1.807, 2.05) is 64.4 Å².